The lowest BCUT2D eigenvalue weighted by Crippen LogP contribution is -2.28. The van der Waals surface area contributed by atoms with E-state index < -0.39 is 0 Å². The van der Waals surface area contributed by atoms with Crippen LogP contribution in [-0.2, 0) is 5.41 Å². The van der Waals surface area contributed by atoms with E-state index in [1.54, 1.807) is 0 Å². The average Bonchev–Trinajstić information content (AvgIpc) is 3.16. The van der Waals surface area contributed by atoms with E-state index >= 15 is 0 Å². The minimum Gasteiger partial charge on any atom is -0.0843 e. The van der Waals surface area contributed by atoms with Crippen molar-refractivity contribution in [3.8, 4) is 22.3 Å². The molecule has 0 radical (unpaired) electrons. The van der Waals surface area contributed by atoms with Gasteiger partial charge in [0.25, 0.3) is 0 Å². The van der Waals surface area contributed by atoms with Gasteiger partial charge in [0.05, 0.1) is 5.41 Å². The fraction of sp³-hybridized carbons (Fsp3) is 0.0323. The zero-order valence-corrected chi connectivity index (χ0v) is 18.3. The standard InChI is InChI=1S/C31H21Cl/c32-26-12-8-9-23(21-26)22-17-19-25(20-18-22)31(24-10-2-1-3-11-24)29-15-6-4-13-27(29)28-14-5-7-16-30(28)31/h1-21H. The Kier molecular flexibility index (Phi) is 4.48. The Hall–Kier alpha value is -3.61. The predicted molar refractivity (Wildman–Crippen MR) is 134 cm³/mol. The van der Waals surface area contributed by atoms with Gasteiger partial charge >= 0.3 is 0 Å². The maximum atomic E-state index is 6.24. The van der Waals surface area contributed by atoms with Crippen LogP contribution in [0.5, 0.6) is 0 Å². The van der Waals surface area contributed by atoms with Crippen LogP contribution >= 0.6 is 11.6 Å². The summed E-state index contributed by atoms with van der Waals surface area (Å²) in [4.78, 5) is 0. The molecule has 0 saturated carbocycles. The largest absolute Gasteiger partial charge is 0.0843 e. The lowest BCUT2D eigenvalue weighted by molar-refractivity contribution is 0.768. The molecular formula is C31H21Cl. The molecule has 0 fully saturated rings. The summed E-state index contributed by atoms with van der Waals surface area (Å²) in [5.74, 6) is 0. The van der Waals surface area contributed by atoms with Crippen LogP contribution in [0.4, 0.5) is 0 Å². The molecule has 0 unspecified atom stereocenters. The summed E-state index contributed by atoms with van der Waals surface area (Å²) in [5.41, 5.74) is 9.80. The Labute approximate surface area is 193 Å². The van der Waals surface area contributed by atoms with Gasteiger partial charge in [0.15, 0.2) is 0 Å². The molecule has 0 N–H and O–H groups in total. The molecule has 0 aromatic heterocycles. The molecule has 0 amide bonds. The Bertz CT molecular complexity index is 1370. The van der Waals surface area contributed by atoms with Crippen LogP contribution in [0.2, 0.25) is 5.02 Å². The summed E-state index contributed by atoms with van der Waals surface area (Å²) >= 11 is 6.24. The summed E-state index contributed by atoms with van der Waals surface area (Å²) in [6, 6.07) is 45.6. The first-order valence-corrected chi connectivity index (χ1v) is 11.3. The van der Waals surface area contributed by atoms with Gasteiger partial charge in [-0.2, -0.15) is 0 Å². The monoisotopic (exact) mass is 428 g/mol. The van der Waals surface area contributed by atoms with Crippen molar-refractivity contribution in [3.63, 3.8) is 0 Å². The molecule has 5 aromatic carbocycles. The summed E-state index contributed by atoms with van der Waals surface area (Å²) in [6.45, 7) is 0. The van der Waals surface area contributed by atoms with Gasteiger partial charge in [-0.3, -0.25) is 0 Å². The molecule has 1 aliphatic carbocycles. The number of hydrogen-bond acceptors (Lipinski definition) is 0. The quantitative estimate of drug-likeness (QED) is 0.265. The topological polar surface area (TPSA) is 0 Å². The van der Waals surface area contributed by atoms with Gasteiger partial charge in [-0.05, 0) is 56.6 Å². The Morgan fingerprint density at radius 2 is 1.00 bits per heavy atom. The van der Waals surface area contributed by atoms with Crippen molar-refractivity contribution in [2.45, 2.75) is 5.41 Å². The van der Waals surface area contributed by atoms with Crippen molar-refractivity contribution in [2.24, 2.45) is 0 Å². The highest BCUT2D eigenvalue weighted by atomic mass is 35.5. The summed E-state index contributed by atoms with van der Waals surface area (Å²) in [6.07, 6.45) is 0. The van der Waals surface area contributed by atoms with Crippen molar-refractivity contribution in [2.75, 3.05) is 0 Å². The van der Waals surface area contributed by atoms with Gasteiger partial charge < -0.3 is 0 Å². The van der Waals surface area contributed by atoms with E-state index in [1.807, 2.05) is 18.2 Å². The van der Waals surface area contributed by atoms with Gasteiger partial charge in [-0.25, -0.2) is 0 Å². The molecule has 0 bridgehead atoms. The van der Waals surface area contributed by atoms with E-state index in [4.69, 9.17) is 11.6 Å². The molecule has 1 aliphatic rings. The fourth-order valence-electron chi connectivity index (χ4n) is 5.29. The van der Waals surface area contributed by atoms with Gasteiger partial charge in [0, 0.05) is 5.02 Å². The molecule has 0 aliphatic heterocycles. The summed E-state index contributed by atoms with van der Waals surface area (Å²) in [7, 11) is 0. The van der Waals surface area contributed by atoms with Crippen LogP contribution < -0.4 is 0 Å². The first kappa shape index (κ1) is 19.1. The van der Waals surface area contributed by atoms with E-state index in [0.717, 1.165) is 10.6 Å². The highest BCUT2D eigenvalue weighted by molar-refractivity contribution is 6.30. The van der Waals surface area contributed by atoms with Crippen LogP contribution in [0.1, 0.15) is 22.3 Å². The molecule has 0 heterocycles. The normalized spacial score (nSPS) is 13.4. The molecular weight excluding hydrogens is 408 g/mol. The predicted octanol–water partition coefficient (Wildman–Crippen LogP) is 8.37. The molecule has 152 valence electrons. The van der Waals surface area contributed by atoms with E-state index in [0.29, 0.717) is 0 Å². The number of fused-ring (bicyclic) bond motifs is 3. The molecule has 0 atom stereocenters. The maximum absolute atomic E-state index is 6.24. The zero-order valence-electron chi connectivity index (χ0n) is 17.5. The van der Waals surface area contributed by atoms with Crippen molar-refractivity contribution in [1.29, 1.82) is 0 Å². The van der Waals surface area contributed by atoms with E-state index in [-0.39, 0.29) is 5.41 Å². The van der Waals surface area contributed by atoms with Crippen LogP contribution in [-0.4, -0.2) is 0 Å². The molecule has 0 saturated heterocycles. The third kappa shape index (κ3) is 2.77. The summed E-state index contributed by atoms with van der Waals surface area (Å²) < 4.78 is 0. The average molecular weight is 429 g/mol. The highest BCUT2D eigenvalue weighted by Crippen LogP contribution is 2.55. The van der Waals surface area contributed by atoms with Gasteiger partial charge in [0.2, 0.25) is 0 Å². The molecule has 5 aromatic rings. The third-order valence-corrected chi connectivity index (χ3v) is 6.87. The van der Waals surface area contributed by atoms with Crippen LogP contribution in [0, 0.1) is 0 Å². The second-order valence-corrected chi connectivity index (χ2v) is 8.73. The van der Waals surface area contributed by atoms with E-state index in [1.165, 1.54) is 38.9 Å². The lowest BCUT2D eigenvalue weighted by atomic mass is 9.67. The third-order valence-electron chi connectivity index (χ3n) is 6.63. The van der Waals surface area contributed by atoms with Gasteiger partial charge in [-0.1, -0.05) is 127 Å². The number of hydrogen-bond donors (Lipinski definition) is 0. The number of halogens is 1. The number of rotatable bonds is 3. The Balaban J connectivity index is 1.63. The minimum absolute atomic E-state index is 0.346. The molecule has 1 heteroatoms. The first-order valence-electron chi connectivity index (χ1n) is 10.9. The second-order valence-electron chi connectivity index (χ2n) is 8.29. The Morgan fingerprint density at radius 3 is 1.62 bits per heavy atom. The Morgan fingerprint density at radius 1 is 0.438 bits per heavy atom. The lowest BCUT2D eigenvalue weighted by Gasteiger charge is -2.34. The number of benzene rings is 5. The smallest absolute Gasteiger partial charge is 0.0713 e. The van der Waals surface area contributed by atoms with Gasteiger partial charge in [-0.15, -0.1) is 0 Å². The first-order chi connectivity index (χ1) is 15.8. The molecule has 0 spiro atoms. The van der Waals surface area contributed by atoms with E-state index in [2.05, 4.69) is 109 Å². The highest BCUT2D eigenvalue weighted by Gasteiger charge is 2.45. The zero-order chi connectivity index (χ0) is 21.5. The van der Waals surface area contributed by atoms with Gasteiger partial charge in [0.1, 0.15) is 0 Å². The van der Waals surface area contributed by atoms with Crippen LogP contribution in [0.15, 0.2) is 127 Å². The van der Waals surface area contributed by atoms with Crippen molar-refractivity contribution >= 4 is 11.6 Å². The molecule has 6 rings (SSSR count). The SMILES string of the molecule is Clc1cccc(-c2ccc(C3(c4ccccc4)c4ccccc4-c4ccccc43)cc2)c1. The molecule has 32 heavy (non-hydrogen) atoms. The van der Waals surface area contributed by atoms with Crippen LogP contribution in [0.25, 0.3) is 22.3 Å². The molecule has 0 nitrogen and oxygen atoms in total. The maximum Gasteiger partial charge on any atom is 0.0713 e. The fourth-order valence-corrected chi connectivity index (χ4v) is 5.48. The minimum atomic E-state index is -0.346. The van der Waals surface area contributed by atoms with Crippen LogP contribution in [0.3, 0.4) is 0 Å². The van der Waals surface area contributed by atoms with Crippen molar-refractivity contribution in [3.05, 3.63) is 155 Å². The second kappa shape index (κ2) is 7.51. The van der Waals surface area contributed by atoms with E-state index in [9.17, 15) is 0 Å². The van der Waals surface area contributed by atoms with Crippen molar-refractivity contribution in [1.82, 2.24) is 0 Å². The van der Waals surface area contributed by atoms with Crippen molar-refractivity contribution < 1.29 is 0 Å². The summed E-state index contributed by atoms with van der Waals surface area (Å²) in [5, 5.41) is 0.756.